The van der Waals surface area contributed by atoms with Crippen molar-refractivity contribution in [2.75, 3.05) is 27.4 Å². The number of rotatable bonds is 17. The van der Waals surface area contributed by atoms with Gasteiger partial charge in [0.05, 0.1) is 31.8 Å². The summed E-state index contributed by atoms with van der Waals surface area (Å²) in [5, 5.41) is 23.7. The number of aliphatic hydroxyl groups excluding tert-OH is 1. The molecule has 3 N–H and O–H groups in total. The number of amides is 1. The molecule has 0 saturated carbocycles. The van der Waals surface area contributed by atoms with Crippen LogP contribution in [0, 0.1) is 23.7 Å². The molecule has 0 aromatic heterocycles. The van der Waals surface area contributed by atoms with E-state index < -0.39 is 35.7 Å². The number of alkyl carbamates (subject to hydrolysis) is 1. The van der Waals surface area contributed by atoms with E-state index in [0.717, 1.165) is 12.0 Å². The van der Waals surface area contributed by atoms with Gasteiger partial charge in [-0.05, 0) is 75.5 Å². The first-order valence-corrected chi connectivity index (χ1v) is 13.9. The summed E-state index contributed by atoms with van der Waals surface area (Å²) in [6, 6.07) is 5.15. The number of carbonyl (C=O) groups is 2. The molecule has 39 heavy (non-hydrogen) atoms. The predicted octanol–water partition coefficient (Wildman–Crippen LogP) is 5.32. The molecule has 0 heterocycles. The highest BCUT2D eigenvalue weighted by Crippen LogP contribution is 2.32. The standard InChI is InChI=1S/C30H51NO8/c1-19(2)22(15-21-11-12-26(37-9)27(16-21)38-14-10-13-36-8)17-24(31-29(35)39-30(5,6)7)25(32)18-23(20(3)4)28(33)34/h11-12,16,19-20,22-25,32H,10,13-15,17-18H2,1-9H3,(H,31,35)(H,33,34)/t22-,23?,24?,25?/m0/s1. The Morgan fingerprint density at radius 3 is 2.15 bits per heavy atom. The van der Waals surface area contributed by atoms with Crippen molar-refractivity contribution >= 4 is 12.1 Å². The number of carbonyl (C=O) groups excluding carboxylic acids is 1. The molecule has 3 unspecified atom stereocenters. The molecule has 1 amide bonds. The van der Waals surface area contributed by atoms with Crippen LogP contribution >= 0.6 is 0 Å². The summed E-state index contributed by atoms with van der Waals surface area (Å²) in [5.41, 5.74) is 0.328. The average Bonchev–Trinajstić information content (AvgIpc) is 2.82. The molecule has 0 aliphatic heterocycles. The van der Waals surface area contributed by atoms with Crippen LogP contribution in [-0.2, 0) is 20.7 Å². The summed E-state index contributed by atoms with van der Waals surface area (Å²) >= 11 is 0. The van der Waals surface area contributed by atoms with Crippen molar-refractivity contribution in [2.45, 2.75) is 91.9 Å². The lowest BCUT2D eigenvalue weighted by Gasteiger charge is -2.32. The maximum absolute atomic E-state index is 12.7. The second kappa shape index (κ2) is 16.6. The van der Waals surface area contributed by atoms with E-state index in [1.165, 1.54) is 0 Å². The fraction of sp³-hybridized carbons (Fsp3) is 0.733. The quantitative estimate of drug-likeness (QED) is 0.222. The number of benzene rings is 1. The third-order valence-corrected chi connectivity index (χ3v) is 6.76. The molecule has 1 aromatic carbocycles. The lowest BCUT2D eigenvalue weighted by Crippen LogP contribution is -2.48. The Morgan fingerprint density at radius 1 is 0.974 bits per heavy atom. The molecule has 0 aliphatic rings. The van der Waals surface area contributed by atoms with Crippen molar-refractivity contribution in [1.82, 2.24) is 5.32 Å². The topological polar surface area (TPSA) is 124 Å². The molecule has 1 rings (SSSR count). The molecule has 224 valence electrons. The maximum Gasteiger partial charge on any atom is 0.407 e. The number of methoxy groups -OCH3 is 2. The van der Waals surface area contributed by atoms with Crippen LogP contribution < -0.4 is 14.8 Å². The van der Waals surface area contributed by atoms with Gasteiger partial charge in [0.1, 0.15) is 5.60 Å². The zero-order chi connectivity index (χ0) is 29.8. The SMILES string of the molecule is COCCCOc1cc(C[C@@H](CC(NC(=O)OC(C)(C)C)C(O)CC(C(=O)O)C(C)C)C(C)C)ccc1OC. The zero-order valence-corrected chi connectivity index (χ0v) is 25.3. The van der Waals surface area contributed by atoms with Crippen LogP contribution in [0.25, 0.3) is 0 Å². The Hall–Kier alpha value is -2.52. The van der Waals surface area contributed by atoms with Crippen molar-refractivity contribution in [1.29, 1.82) is 0 Å². The van der Waals surface area contributed by atoms with Crippen LogP contribution in [0.1, 0.15) is 73.3 Å². The Bertz CT molecular complexity index is 880. The molecule has 0 fully saturated rings. The number of aliphatic hydroxyl groups is 1. The van der Waals surface area contributed by atoms with Gasteiger partial charge in [0.15, 0.2) is 11.5 Å². The van der Waals surface area contributed by atoms with Gasteiger partial charge in [-0.3, -0.25) is 4.79 Å². The third-order valence-electron chi connectivity index (χ3n) is 6.76. The van der Waals surface area contributed by atoms with Crippen molar-refractivity contribution in [3.63, 3.8) is 0 Å². The van der Waals surface area contributed by atoms with Gasteiger partial charge in [-0.2, -0.15) is 0 Å². The highest BCUT2D eigenvalue weighted by molar-refractivity contribution is 5.70. The molecule has 0 spiro atoms. The predicted molar refractivity (Wildman–Crippen MR) is 151 cm³/mol. The van der Waals surface area contributed by atoms with Crippen molar-refractivity contribution < 1.29 is 38.7 Å². The second-order valence-electron chi connectivity index (χ2n) is 11.9. The van der Waals surface area contributed by atoms with Crippen molar-refractivity contribution in [2.24, 2.45) is 23.7 Å². The molecule has 4 atom stereocenters. The Labute approximate surface area is 234 Å². The van der Waals surface area contributed by atoms with Crippen LogP contribution in [0.5, 0.6) is 11.5 Å². The number of ether oxygens (including phenoxy) is 4. The number of nitrogens with one attached hydrogen (secondary N) is 1. The van der Waals surface area contributed by atoms with Crippen LogP contribution in [-0.4, -0.2) is 67.5 Å². The Morgan fingerprint density at radius 2 is 1.64 bits per heavy atom. The summed E-state index contributed by atoms with van der Waals surface area (Å²) in [6.07, 6.45) is 0.197. The molecule has 0 saturated heterocycles. The number of carboxylic acid groups (broad SMARTS) is 1. The van der Waals surface area contributed by atoms with Crippen LogP contribution in [0.2, 0.25) is 0 Å². The number of hydrogen-bond donors (Lipinski definition) is 3. The Balaban J connectivity index is 3.18. The van der Waals surface area contributed by atoms with Gasteiger partial charge in [0.25, 0.3) is 0 Å². The minimum Gasteiger partial charge on any atom is -0.493 e. The van der Waals surface area contributed by atoms with Gasteiger partial charge >= 0.3 is 12.1 Å². The first-order valence-electron chi connectivity index (χ1n) is 13.9. The molecule has 0 bridgehead atoms. The van der Waals surface area contributed by atoms with Gasteiger partial charge in [-0.25, -0.2) is 4.79 Å². The van der Waals surface area contributed by atoms with Gasteiger partial charge in [0.2, 0.25) is 0 Å². The molecule has 0 aliphatic carbocycles. The molecule has 9 heteroatoms. The number of aliphatic carboxylic acids is 1. The minimum atomic E-state index is -1.06. The first-order chi connectivity index (χ1) is 18.2. The molecular weight excluding hydrogens is 502 g/mol. The molecule has 9 nitrogen and oxygen atoms in total. The lowest BCUT2D eigenvalue weighted by atomic mass is 9.80. The van der Waals surface area contributed by atoms with E-state index in [2.05, 4.69) is 19.2 Å². The average molecular weight is 554 g/mol. The van der Waals surface area contributed by atoms with Crippen LogP contribution in [0.4, 0.5) is 4.79 Å². The lowest BCUT2D eigenvalue weighted by molar-refractivity contribution is -0.144. The fourth-order valence-corrected chi connectivity index (χ4v) is 4.42. The van der Waals surface area contributed by atoms with Gasteiger partial charge in [-0.1, -0.05) is 33.8 Å². The largest absolute Gasteiger partial charge is 0.493 e. The summed E-state index contributed by atoms with van der Waals surface area (Å²) in [4.78, 5) is 24.5. The minimum absolute atomic E-state index is 0.0281. The monoisotopic (exact) mass is 553 g/mol. The van der Waals surface area contributed by atoms with Gasteiger partial charge in [-0.15, -0.1) is 0 Å². The molecule has 1 aromatic rings. The van der Waals surface area contributed by atoms with Crippen LogP contribution in [0.15, 0.2) is 18.2 Å². The van der Waals surface area contributed by atoms with Crippen molar-refractivity contribution in [3.8, 4) is 11.5 Å². The van der Waals surface area contributed by atoms with Crippen molar-refractivity contribution in [3.05, 3.63) is 23.8 Å². The van der Waals surface area contributed by atoms with E-state index in [0.29, 0.717) is 37.6 Å². The normalized spacial score (nSPS) is 15.0. The Kier molecular flexibility index (Phi) is 14.6. The molecular formula is C30H51NO8. The van der Waals surface area contributed by atoms with E-state index in [1.807, 2.05) is 32.0 Å². The smallest absolute Gasteiger partial charge is 0.407 e. The summed E-state index contributed by atoms with van der Waals surface area (Å²) in [5.74, 6) is -0.285. The van der Waals surface area contributed by atoms with E-state index in [-0.39, 0.29) is 24.2 Å². The first kappa shape index (κ1) is 34.5. The highest BCUT2D eigenvalue weighted by Gasteiger charge is 2.33. The van der Waals surface area contributed by atoms with Gasteiger partial charge < -0.3 is 34.5 Å². The van der Waals surface area contributed by atoms with E-state index in [1.54, 1.807) is 35.0 Å². The summed E-state index contributed by atoms with van der Waals surface area (Å²) < 4.78 is 22.0. The van der Waals surface area contributed by atoms with E-state index >= 15 is 0 Å². The second-order valence-corrected chi connectivity index (χ2v) is 11.9. The summed E-state index contributed by atoms with van der Waals surface area (Å²) in [6.45, 7) is 14.2. The van der Waals surface area contributed by atoms with Gasteiger partial charge in [0, 0.05) is 20.1 Å². The fourth-order valence-electron chi connectivity index (χ4n) is 4.42. The maximum atomic E-state index is 12.7. The number of carboxylic acids is 1. The van der Waals surface area contributed by atoms with E-state index in [9.17, 15) is 19.8 Å². The van der Waals surface area contributed by atoms with E-state index in [4.69, 9.17) is 18.9 Å². The third kappa shape index (κ3) is 12.9. The molecule has 0 radical (unpaired) electrons. The van der Waals surface area contributed by atoms with Crippen LogP contribution in [0.3, 0.4) is 0 Å². The number of hydrogen-bond acceptors (Lipinski definition) is 7. The summed E-state index contributed by atoms with van der Waals surface area (Å²) in [7, 11) is 3.25. The zero-order valence-electron chi connectivity index (χ0n) is 25.3. The highest BCUT2D eigenvalue weighted by atomic mass is 16.6.